The van der Waals surface area contributed by atoms with E-state index in [2.05, 4.69) is 4.98 Å². The molecule has 120 valence electrons. The van der Waals surface area contributed by atoms with Crippen molar-refractivity contribution in [1.29, 1.82) is 0 Å². The molecular weight excluding hydrogens is 290 g/mol. The van der Waals surface area contributed by atoms with Crippen molar-refractivity contribution in [2.75, 3.05) is 7.05 Å². The Morgan fingerprint density at radius 3 is 2.50 bits per heavy atom. The number of carbonyl (C=O) groups excluding carboxylic acids is 1. The number of aromatic nitrogens is 2. The van der Waals surface area contributed by atoms with E-state index < -0.39 is 28.7 Å². The van der Waals surface area contributed by atoms with E-state index in [0.29, 0.717) is 12.8 Å². The molecular formula is C14H19N3O5. The van der Waals surface area contributed by atoms with Crippen molar-refractivity contribution < 1.29 is 14.7 Å². The zero-order valence-electron chi connectivity index (χ0n) is 12.4. The molecule has 0 spiro atoms. The second-order valence-electron chi connectivity index (χ2n) is 5.59. The maximum atomic E-state index is 12.4. The summed E-state index contributed by atoms with van der Waals surface area (Å²) in [5, 5.41) is 9.56. The first-order valence-electron chi connectivity index (χ1n) is 7.17. The largest absolute Gasteiger partial charge is 0.479 e. The molecule has 0 saturated heterocycles. The maximum absolute atomic E-state index is 12.4. The van der Waals surface area contributed by atoms with Crippen LogP contribution >= 0.6 is 0 Å². The van der Waals surface area contributed by atoms with Crippen LogP contribution in [-0.2, 0) is 16.1 Å². The van der Waals surface area contributed by atoms with E-state index >= 15 is 0 Å². The normalized spacial score (nSPS) is 17.0. The van der Waals surface area contributed by atoms with Gasteiger partial charge in [-0.2, -0.15) is 0 Å². The van der Waals surface area contributed by atoms with Crippen LogP contribution in [0.5, 0.6) is 0 Å². The highest BCUT2D eigenvalue weighted by atomic mass is 16.4. The summed E-state index contributed by atoms with van der Waals surface area (Å²) < 4.78 is 1.05. The van der Waals surface area contributed by atoms with Crippen LogP contribution in [-0.4, -0.2) is 44.0 Å². The number of carboxylic acids is 1. The summed E-state index contributed by atoms with van der Waals surface area (Å²) in [5.74, 6) is -1.49. The molecule has 1 heterocycles. The fraction of sp³-hybridized carbons (Fsp3) is 0.571. The summed E-state index contributed by atoms with van der Waals surface area (Å²) >= 11 is 0. The average Bonchev–Trinajstić information content (AvgIpc) is 2.49. The van der Waals surface area contributed by atoms with E-state index in [-0.39, 0.29) is 6.54 Å². The Balaban J connectivity index is 2.22. The lowest BCUT2D eigenvalue weighted by Gasteiger charge is -2.41. The number of rotatable bonds is 4. The van der Waals surface area contributed by atoms with Crippen LogP contribution in [0.1, 0.15) is 32.1 Å². The smallest absolute Gasteiger partial charge is 0.329 e. The minimum absolute atomic E-state index is 0.304. The predicted octanol–water partition coefficient (Wildman–Crippen LogP) is -0.218. The Bertz CT molecular complexity index is 684. The van der Waals surface area contributed by atoms with Gasteiger partial charge < -0.3 is 10.0 Å². The van der Waals surface area contributed by atoms with E-state index in [0.717, 1.165) is 29.9 Å². The summed E-state index contributed by atoms with van der Waals surface area (Å²) in [6.07, 6.45) is 4.50. The van der Waals surface area contributed by atoms with Gasteiger partial charge in [0.25, 0.3) is 5.56 Å². The zero-order valence-corrected chi connectivity index (χ0v) is 12.4. The molecule has 1 amide bonds. The number of carbonyl (C=O) groups is 2. The van der Waals surface area contributed by atoms with Gasteiger partial charge in [-0.3, -0.25) is 19.1 Å². The quantitative estimate of drug-likeness (QED) is 0.798. The summed E-state index contributed by atoms with van der Waals surface area (Å²) in [4.78, 5) is 49.9. The fourth-order valence-electron chi connectivity index (χ4n) is 2.89. The molecule has 0 aromatic carbocycles. The lowest BCUT2D eigenvalue weighted by Crippen LogP contribution is -2.57. The van der Waals surface area contributed by atoms with Gasteiger partial charge in [-0.15, -0.1) is 0 Å². The first kappa shape index (κ1) is 16.0. The number of hydrogen-bond donors (Lipinski definition) is 2. The highest BCUT2D eigenvalue weighted by molar-refractivity contribution is 5.87. The third-order valence-electron chi connectivity index (χ3n) is 4.30. The van der Waals surface area contributed by atoms with Crippen molar-refractivity contribution in [3.8, 4) is 0 Å². The van der Waals surface area contributed by atoms with E-state index in [9.17, 15) is 24.3 Å². The van der Waals surface area contributed by atoms with Gasteiger partial charge in [0.15, 0.2) is 0 Å². The van der Waals surface area contributed by atoms with Gasteiger partial charge >= 0.3 is 11.7 Å². The number of likely N-dealkylation sites (N-methyl/N-ethyl adjacent to an activating group) is 1. The minimum atomic E-state index is -1.21. The molecule has 1 saturated carbocycles. The van der Waals surface area contributed by atoms with Crippen LogP contribution < -0.4 is 11.2 Å². The number of nitrogens with one attached hydrogen (secondary N) is 1. The lowest BCUT2D eigenvalue weighted by atomic mass is 9.80. The topological polar surface area (TPSA) is 112 Å². The summed E-state index contributed by atoms with van der Waals surface area (Å²) in [6.45, 7) is -0.304. The highest BCUT2D eigenvalue weighted by Gasteiger charge is 2.45. The third kappa shape index (κ3) is 2.95. The summed E-state index contributed by atoms with van der Waals surface area (Å²) in [7, 11) is 1.46. The molecule has 1 aliphatic carbocycles. The average molecular weight is 309 g/mol. The molecule has 0 unspecified atom stereocenters. The number of aromatic amines is 1. The Morgan fingerprint density at radius 1 is 1.32 bits per heavy atom. The summed E-state index contributed by atoms with van der Waals surface area (Å²) in [5.41, 5.74) is -2.44. The SMILES string of the molecule is CN(C(=O)Cn1ccc(=O)[nH]c1=O)C1(C(=O)O)CCCCC1. The second kappa shape index (κ2) is 6.17. The van der Waals surface area contributed by atoms with Crippen molar-refractivity contribution in [2.24, 2.45) is 0 Å². The monoisotopic (exact) mass is 309 g/mol. The van der Waals surface area contributed by atoms with Crippen LogP contribution in [0.15, 0.2) is 21.9 Å². The number of carboxylic acid groups (broad SMARTS) is 1. The maximum Gasteiger partial charge on any atom is 0.329 e. The molecule has 22 heavy (non-hydrogen) atoms. The van der Waals surface area contributed by atoms with E-state index in [1.807, 2.05) is 0 Å². The van der Waals surface area contributed by atoms with Gasteiger partial charge in [-0.05, 0) is 12.8 Å². The van der Waals surface area contributed by atoms with Crippen molar-refractivity contribution in [3.63, 3.8) is 0 Å². The van der Waals surface area contributed by atoms with Crippen LogP contribution in [0.3, 0.4) is 0 Å². The van der Waals surface area contributed by atoms with Crippen molar-refractivity contribution in [1.82, 2.24) is 14.5 Å². The molecule has 8 heteroatoms. The van der Waals surface area contributed by atoms with Crippen molar-refractivity contribution >= 4 is 11.9 Å². The van der Waals surface area contributed by atoms with Crippen LogP contribution in [0.2, 0.25) is 0 Å². The first-order chi connectivity index (χ1) is 10.4. The van der Waals surface area contributed by atoms with Gasteiger partial charge in [0.2, 0.25) is 5.91 Å². The molecule has 1 aliphatic rings. The third-order valence-corrected chi connectivity index (χ3v) is 4.30. The van der Waals surface area contributed by atoms with Crippen molar-refractivity contribution in [2.45, 2.75) is 44.2 Å². The van der Waals surface area contributed by atoms with E-state index in [4.69, 9.17) is 0 Å². The summed E-state index contributed by atoms with van der Waals surface area (Å²) in [6, 6.07) is 1.14. The lowest BCUT2D eigenvalue weighted by molar-refractivity contribution is -0.160. The molecule has 2 N–H and O–H groups in total. The van der Waals surface area contributed by atoms with Gasteiger partial charge in [0.1, 0.15) is 12.1 Å². The molecule has 2 rings (SSSR count). The number of aliphatic carboxylic acids is 1. The van der Waals surface area contributed by atoms with Gasteiger partial charge in [0.05, 0.1) is 0 Å². The Labute approximate surface area is 126 Å². The molecule has 1 aromatic rings. The highest BCUT2D eigenvalue weighted by Crippen LogP contribution is 2.33. The molecule has 0 radical (unpaired) electrons. The first-order valence-corrected chi connectivity index (χ1v) is 7.17. The van der Waals surface area contributed by atoms with Crippen LogP contribution in [0.4, 0.5) is 0 Å². The zero-order chi connectivity index (χ0) is 16.3. The number of hydrogen-bond acceptors (Lipinski definition) is 4. The van der Waals surface area contributed by atoms with E-state index in [1.54, 1.807) is 0 Å². The Kier molecular flexibility index (Phi) is 4.48. The molecule has 8 nitrogen and oxygen atoms in total. The van der Waals surface area contributed by atoms with E-state index in [1.165, 1.54) is 18.1 Å². The minimum Gasteiger partial charge on any atom is -0.479 e. The van der Waals surface area contributed by atoms with Gasteiger partial charge in [-0.1, -0.05) is 19.3 Å². The number of H-pyrrole nitrogens is 1. The predicted molar refractivity (Wildman–Crippen MR) is 77.5 cm³/mol. The molecule has 0 aliphatic heterocycles. The fourth-order valence-corrected chi connectivity index (χ4v) is 2.89. The molecule has 0 bridgehead atoms. The van der Waals surface area contributed by atoms with Crippen molar-refractivity contribution in [3.05, 3.63) is 33.1 Å². The molecule has 1 aromatic heterocycles. The second-order valence-corrected chi connectivity index (χ2v) is 5.59. The van der Waals surface area contributed by atoms with Crippen LogP contribution in [0, 0.1) is 0 Å². The van der Waals surface area contributed by atoms with Crippen LogP contribution in [0.25, 0.3) is 0 Å². The standard InChI is InChI=1S/C14H19N3O5/c1-16(14(12(20)21)6-3-2-4-7-14)11(19)9-17-8-5-10(18)15-13(17)22/h5,8H,2-4,6-7,9H2,1H3,(H,20,21)(H,15,18,22). The number of amides is 1. The number of nitrogens with zero attached hydrogens (tertiary/aromatic N) is 2. The molecule has 1 fully saturated rings. The Hall–Kier alpha value is -2.38. The molecule has 0 atom stereocenters. The van der Waals surface area contributed by atoms with Gasteiger partial charge in [0, 0.05) is 19.3 Å². The Morgan fingerprint density at radius 2 is 1.95 bits per heavy atom. The van der Waals surface area contributed by atoms with Gasteiger partial charge in [-0.25, -0.2) is 9.59 Å².